The molecule has 0 saturated carbocycles. The molecule has 2 amide bonds. The van der Waals surface area contributed by atoms with E-state index in [2.05, 4.69) is 10.6 Å². The normalized spacial score (nSPS) is 12.9. The molecule has 2 N–H and O–H groups in total. The summed E-state index contributed by atoms with van der Waals surface area (Å²) in [6, 6.07) is 15.2. The predicted molar refractivity (Wildman–Crippen MR) is 121 cm³/mol. The number of esters is 1. The van der Waals surface area contributed by atoms with Gasteiger partial charge in [0.15, 0.2) is 6.61 Å². The van der Waals surface area contributed by atoms with Crippen LogP contribution in [0.25, 0.3) is 11.0 Å². The number of ether oxygens (including phenoxy) is 1. The van der Waals surface area contributed by atoms with Crippen molar-refractivity contribution in [1.82, 2.24) is 10.6 Å². The number of carbonyl (C=O) groups excluding carboxylic acids is 3. The van der Waals surface area contributed by atoms with Crippen molar-refractivity contribution < 1.29 is 23.5 Å². The lowest BCUT2D eigenvalue weighted by Crippen LogP contribution is -2.46. The topological polar surface area (TPSA) is 97.6 Å². The van der Waals surface area contributed by atoms with E-state index in [-0.39, 0.29) is 11.8 Å². The van der Waals surface area contributed by atoms with Crippen molar-refractivity contribution in [2.75, 3.05) is 6.61 Å². The monoisotopic (exact) mass is 436 g/mol. The van der Waals surface area contributed by atoms with Gasteiger partial charge in [0.05, 0.1) is 6.04 Å². The van der Waals surface area contributed by atoms with Crippen LogP contribution in [0.5, 0.6) is 0 Å². The third kappa shape index (κ3) is 5.75. The number of para-hydroxylation sites is 1. The SMILES string of the molecule is Cc1cccc(C(=O)NC(C(=O)OCC(=O)NC(C)c2cc3ccccc3o2)C(C)C)c1. The van der Waals surface area contributed by atoms with Gasteiger partial charge in [-0.15, -0.1) is 0 Å². The average molecular weight is 437 g/mol. The molecule has 0 spiro atoms. The van der Waals surface area contributed by atoms with E-state index in [9.17, 15) is 14.4 Å². The first-order chi connectivity index (χ1) is 15.2. The van der Waals surface area contributed by atoms with Gasteiger partial charge in [-0.1, -0.05) is 49.7 Å². The van der Waals surface area contributed by atoms with E-state index in [0.29, 0.717) is 11.3 Å². The summed E-state index contributed by atoms with van der Waals surface area (Å²) in [5, 5.41) is 6.40. The zero-order valence-electron chi connectivity index (χ0n) is 18.7. The smallest absolute Gasteiger partial charge is 0.329 e. The highest BCUT2D eigenvalue weighted by Gasteiger charge is 2.27. The second-order valence-electron chi connectivity index (χ2n) is 8.15. The summed E-state index contributed by atoms with van der Waals surface area (Å²) < 4.78 is 10.9. The molecule has 0 aliphatic heterocycles. The van der Waals surface area contributed by atoms with Gasteiger partial charge in [0.25, 0.3) is 11.8 Å². The van der Waals surface area contributed by atoms with Crippen molar-refractivity contribution in [2.45, 2.75) is 39.8 Å². The average Bonchev–Trinajstić information content (AvgIpc) is 3.20. The van der Waals surface area contributed by atoms with Crippen LogP contribution in [0.4, 0.5) is 0 Å². The molecule has 32 heavy (non-hydrogen) atoms. The molecule has 0 aliphatic carbocycles. The second-order valence-corrected chi connectivity index (χ2v) is 8.15. The maximum absolute atomic E-state index is 12.6. The Hall–Kier alpha value is -3.61. The Bertz CT molecular complexity index is 1090. The maximum Gasteiger partial charge on any atom is 0.329 e. The number of hydrogen-bond acceptors (Lipinski definition) is 5. The highest BCUT2D eigenvalue weighted by molar-refractivity contribution is 5.97. The lowest BCUT2D eigenvalue weighted by Gasteiger charge is -2.21. The van der Waals surface area contributed by atoms with Gasteiger partial charge >= 0.3 is 5.97 Å². The number of aryl methyl sites for hydroxylation is 1. The minimum atomic E-state index is -0.872. The first-order valence-electron chi connectivity index (χ1n) is 10.6. The van der Waals surface area contributed by atoms with Crippen LogP contribution in [0.2, 0.25) is 0 Å². The summed E-state index contributed by atoms with van der Waals surface area (Å²) in [7, 11) is 0. The molecule has 0 bridgehead atoms. The van der Waals surface area contributed by atoms with E-state index >= 15 is 0 Å². The zero-order chi connectivity index (χ0) is 23.3. The second kappa shape index (κ2) is 10.1. The lowest BCUT2D eigenvalue weighted by atomic mass is 10.0. The fourth-order valence-corrected chi connectivity index (χ4v) is 3.31. The summed E-state index contributed by atoms with van der Waals surface area (Å²) in [6.45, 7) is 6.82. The molecule has 2 atom stereocenters. The molecule has 3 rings (SSSR count). The lowest BCUT2D eigenvalue weighted by molar-refractivity contribution is -0.151. The Morgan fingerprint density at radius 2 is 1.72 bits per heavy atom. The summed E-state index contributed by atoms with van der Waals surface area (Å²) in [4.78, 5) is 37.4. The van der Waals surface area contributed by atoms with Gasteiger partial charge in [0, 0.05) is 10.9 Å². The summed E-state index contributed by atoms with van der Waals surface area (Å²) in [6.07, 6.45) is 0. The van der Waals surface area contributed by atoms with Crippen molar-refractivity contribution in [3.63, 3.8) is 0 Å². The van der Waals surface area contributed by atoms with E-state index < -0.39 is 30.6 Å². The summed E-state index contributed by atoms with van der Waals surface area (Å²) in [5.41, 5.74) is 2.14. The van der Waals surface area contributed by atoms with Gasteiger partial charge in [0.1, 0.15) is 17.4 Å². The standard InChI is InChI=1S/C25H28N2O5/c1-15(2)23(27-24(29)19-10-7-8-16(3)12-19)25(30)31-14-22(28)26-17(4)21-13-18-9-5-6-11-20(18)32-21/h5-13,15,17,23H,14H2,1-4H3,(H,26,28)(H,27,29). The number of rotatable bonds is 8. The van der Waals surface area contributed by atoms with Gasteiger partial charge in [-0.3, -0.25) is 9.59 Å². The molecule has 2 aromatic carbocycles. The minimum absolute atomic E-state index is 0.214. The first-order valence-corrected chi connectivity index (χ1v) is 10.6. The Morgan fingerprint density at radius 3 is 2.41 bits per heavy atom. The molecule has 0 radical (unpaired) electrons. The molecule has 0 fully saturated rings. The number of benzene rings is 2. The Morgan fingerprint density at radius 1 is 0.969 bits per heavy atom. The zero-order valence-corrected chi connectivity index (χ0v) is 18.7. The van der Waals surface area contributed by atoms with Gasteiger partial charge < -0.3 is 19.8 Å². The number of furan rings is 1. The van der Waals surface area contributed by atoms with Crippen LogP contribution in [0.15, 0.2) is 59.0 Å². The number of hydrogen-bond donors (Lipinski definition) is 2. The molecular formula is C25H28N2O5. The van der Waals surface area contributed by atoms with Crippen LogP contribution >= 0.6 is 0 Å². The number of fused-ring (bicyclic) bond motifs is 1. The van der Waals surface area contributed by atoms with Gasteiger partial charge in [0.2, 0.25) is 0 Å². The molecule has 1 aromatic heterocycles. The van der Waals surface area contributed by atoms with Crippen molar-refractivity contribution in [2.24, 2.45) is 5.92 Å². The van der Waals surface area contributed by atoms with E-state index in [1.807, 2.05) is 43.3 Å². The summed E-state index contributed by atoms with van der Waals surface area (Å²) >= 11 is 0. The molecule has 2 unspecified atom stereocenters. The molecule has 7 heteroatoms. The first kappa shape index (κ1) is 23.1. The van der Waals surface area contributed by atoms with E-state index in [4.69, 9.17) is 9.15 Å². The van der Waals surface area contributed by atoms with Crippen LogP contribution in [-0.2, 0) is 14.3 Å². The fraction of sp³-hybridized carbons (Fsp3) is 0.320. The quantitative estimate of drug-likeness (QED) is 0.522. The molecule has 1 heterocycles. The predicted octanol–water partition coefficient (Wildman–Crippen LogP) is 3.92. The highest BCUT2D eigenvalue weighted by atomic mass is 16.5. The highest BCUT2D eigenvalue weighted by Crippen LogP contribution is 2.23. The van der Waals surface area contributed by atoms with Crippen LogP contribution in [0.1, 0.15) is 48.5 Å². The molecule has 168 valence electrons. The molecule has 0 aliphatic rings. The number of carbonyl (C=O) groups is 3. The van der Waals surface area contributed by atoms with Crippen molar-refractivity contribution >= 4 is 28.8 Å². The fourth-order valence-electron chi connectivity index (χ4n) is 3.31. The Balaban J connectivity index is 1.54. The van der Waals surface area contributed by atoms with E-state index in [1.165, 1.54) is 0 Å². The molecule has 0 saturated heterocycles. The number of nitrogens with one attached hydrogen (secondary N) is 2. The van der Waals surface area contributed by atoms with Gasteiger partial charge in [-0.05, 0) is 44.0 Å². The van der Waals surface area contributed by atoms with Crippen molar-refractivity contribution in [3.05, 3.63) is 71.5 Å². The third-order valence-corrected chi connectivity index (χ3v) is 5.08. The summed E-state index contributed by atoms with van der Waals surface area (Å²) in [5.74, 6) is -1.09. The van der Waals surface area contributed by atoms with Crippen LogP contribution in [0, 0.1) is 12.8 Å². The van der Waals surface area contributed by atoms with Crippen LogP contribution in [0.3, 0.4) is 0 Å². The molecular weight excluding hydrogens is 408 g/mol. The van der Waals surface area contributed by atoms with Crippen LogP contribution in [-0.4, -0.2) is 30.4 Å². The van der Waals surface area contributed by atoms with Crippen LogP contribution < -0.4 is 10.6 Å². The maximum atomic E-state index is 12.6. The molecule has 3 aromatic rings. The van der Waals surface area contributed by atoms with E-state index in [1.54, 1.807) is 39.0 Å². The van der Waals surface area contributed by atoms with E-state index in [0.717, 1.165) is 16.5 Å². The Labute approximate surface area is 187 Å². The third-order valence-electron chi connectivity index (χ3n) is 5.08. The van der Waals surface area contributed by atoms with Crippen molar-refractivity contribution in [3.8, 4) is 0 Å². The molecule has 7 nitrogen and oxygen atoms in total. The van der Waals surface area contributed by atoms with Gasteiger partial charge in [-0.25, -0.2) is 4.79 Å². The van der Waals surface area contributed by atoms with Crippen molar-refractivity contribution in [1.29, 1.82) is 0 Å². The van der Waals surface area contributed by atoms with Gasteiger partial charge in [-0.2, -0.15) is 0 Å². The number of amides is 2. The largest absolute Gasteiger partial charge is 0.459 e. The minimum Gasteiger partial charge on any atom is -0.459 e. The Kier molecular flexibility index (Phi) is 7.30.